The van der Waals surface area contributed by atoms with Crippen LogP contribution >= 0.6 is 0 Å². The Balaban J connectivity index is 2.22. The van der Waals surface area contributed by atoms with Crippen LogP contribution in [0.3, 0.4) is 0 Å². The summed E-state index contributed by atoms with van der Waals surface area (Å²) in [6.07, 6.45) is 2.77. The highest BCUT2D eigenvalue weighted by atomic mass is 16.2. The molecule has 0 atom stereocenters. The molecule has 2 aromatic carbocycles. The largest absolute Gasteiger partial charge is 0.355 e. The Kier molecular flexibility index (Phi) is 4.02. The molecule has 22 heavy (non-hydrogen) atoms. The summed E-state index contributed by atoms with van der Waals surface area (Å²) in [6, 6.07) is 16.7. The molecule has 0 heterocycles. The Labute approximate surface area is 132 Å². The molecule has 2 heteroatoms. The molecular weight excluding hydrogens is 270 g/mol. The van der Waals surface area contributed by atoms with Gasteiger partial charge in [0.1, 0.15) is 5.41 Å². The number of hydrogen-bond acceptors (Lipinski definition) is 1. The van der Waals surface area contributed by atoms with E-state index in [2.05, 4.69) is 55.6 Å². The molecule has 1 N–H and O–H groups in total. The number of nitrogens with one attached hydrogen (secondary N) is 1. The van der Waals surface area contributed by atoms with Crippen molar-refractivity contribution in [3.63, 3.8) is 0 Å². The Morgan fingerprint density at radius 1 is 0.909 bits per heavy atom. The van der Waals surface area contributed by atoms with Gasteiger partial charge in [0, 0.05) is 6.54 Å². The Morgan fingerprint density at radius 2 is 1.45 bits per heavy atom. The summed E-state index contributed by atoms with van der Waals surface area (Å²) in [6.45, 7) is 4.97. The monoisotopic (exact) mass is 293 g/mol. The first kappa shape index (κ1) is 14.8. The summed E-state index contributed by atoms with van der Waals surface area (Å²) >= 11 is 0. The molecule has 0 fully saturated rings. The summed E-state index contributed by atoms with van der Waals surface area (Å²) in [5, 5.41) is 3.14. The molecule has 2 nitrogen and oxygen atoms in total. The van der Waals surface area contributed by atoms with E-state index < -0.39 is 5.41 Å². The summed E-state index contributed by atoms with van der Waals surface area (Å²) in [7, 11) is 0. The van der Waals surface area contributed by atoms with Crippen molar-refractivity contribution < 1.29 is 4.79 Å². The highest BCUT2D eigenvalue weighted by Gasteiger charge is 2.47. The van der Waals surface area contributed by atoms with E-state index in [4.69, 9.17) is 0 Å². The third kappa shape index (κ3) is 2.06. The van der Waals surface area contributed by atoms with Crippen molar-refractivity contribution in [1.29, 1.82) is 0 Å². The van der Waals surface area contributed by atoms with Gasteiger partial charge in [-0.25, -0.2) is 0 Å². The summed E-state index contributed by atoms with van der Waals surface area (Å²) < 4.78 is 0. The van der Waals surface area contributed by atoms with E-state index in [1.54, 1.807) is 0 Å². The fourth-order valence-corrected chi connectivity index (χ4v) is 3.72. The van der Waals surface area contributed by atoms with Crippen molar-refractivity contribution >= 4 is 5.91 Å². The minimum atomic E-state index is -0.531. The molecule has 114 valence electrons. The van der Waals surface area contributed by atoms with Gasteiger partial charge in [-0.2, -0.15) is 0 Å². The van der Waals surface area contributed by atoms with Crippen LogP contribution in [0.15, 0.2) is 48.5 Å². The second-order valence-corrected chi connectivity index (χ2v) is 6.00. The molecular formula is C20H23NO. The van der Waals surface area contributed by atoms with Gasteiger partial charge in [0.25, 0.3) is 0 Å². The number of benzene rings is 2. The summed E-state index contributed by atoms with van der Waals surface area (Å²) in [5.41, 5.74) is 4.20. The van der Waals surface area contributed by atoms with E-state index in [9.17, 15) is 4.79 Å². The molecule has 0 saturated heterocycles. The lowest BCUT2D eigenvalue weighted by atomic mass is 9.74. The van der Waals surface area contributed by atoms with Crippen LogP contribution in [0.2, 0.25) is 0 Å². The maximum Gasteiger partial charge on any atom is 0.235 e. The SMILES string of the molecule is CCCNC(=O)C1(CCC)c2ccccc2-c2ccccc21. The third-order valence-corrected chi connectivity index (χ3v) is 4.61. The van der Waals surface area contributed by atoms with Crippen LogP contribution < -0.4 is 5.32 Å². The van der Waals surface area contributed by atoms with Gasteiger partial charge in [0.15, 0.2) is 0 Å². The summed E-state index contributed by atoms with van der Waals surface area (Å²) in [5.74, 6) is 0.147. The molecule has 1 aliphatic rings. The van der Waals surface area contributed by atoms with Crippen LogP contribution in [-0.4, -0.2) is 12.5 Å². The lowest BCUT2D eigenvalue weighted by Crippen LogP contribution is -2.44. The quantitative estimate of drug-likeness (QED) is 0.876. The van der Waals surface area contributed by atoms with Crippen LogP contribution in [0.5, 0.6) is 0 Å². The molecule has 2 aromatic rings. The maximum atomic E-state index is 13.1. The number of carbonyl (C=O) groups excluding carboxylic acids is 1. The lowest BCUT2D eigenvalue weighted by molar-refractivity contribution is -0.125. The zero-order chi connectivity index (χ0) is 15.6. The molecule has 0 radical (unpaired) electrons. The van der Waals surface area contributed by atoms with E-state index in [0.717, 1.165) is 36.9 Å². The lowest BCUT2D eigenvalue weighted by Gasteiger charge is -2.30. The van der Waals surface area contributed by atoms with Crippen molar-refractivity contribution in [3.8, 4) is 11.1 Å². The maximum absolute atomic E-state index is 13.1. The molecule has 0 aliphatic heterocycles. The van der Waals surface area contributed by atoms with Crippen LogP contribution in [0.1, 0.15) is 44.2 Å². The van der Waals surface area contributed by atoms with Gasteiger partial charge in [-0.05, 0) is 35.1 Å². The Morgan fingerprint density at radius 3 is 1.95 bits per heavy atom. The van der Waals surface area contributed by atoms with Gasteiger partial charge in [0.05, 0.1) is 0 Å². The fraction of sp³-hybridized carbons (Fsp3) is 0.350. The van der Waals surface area contributed by atoms with Crippen molar-refractivity contribution in [2.75, 3.05) is 6.54 Å². The smallest absolute Gasteiger partial charge is 0.235 e. The Bertz CT molecular complexity index is 644. The fourth-order valence-electron chi connectivity index (χ4n) is 3.72. The highest BCUT2D eigenvalue weighted by Crippen LogP contribution is 2.51. The van der Waals surface area contributed by atoms with Gasteiger partial charge in [-0.1, -0.05) is 68.8 Å². The first-order chi connectivity index (χ1) is 10.8. The predicted octanol–water partition coefficient (Wildman–Crippen LogP) is 4.28. The molecule has 1 amide bonds. The number of hydrogen-bond donors (Lipinski definition) is 1. The van der Waals surface area contributed by atoms with E-state index >= 15 is 0 Å². The number of carbonyl (C=O) groups is 1. The average Bonchev–Trinajstić information content (AvgIpc) is 2.85. The molecule has 0 unspecified atom stereocenters. The predicted molar refractivity (Wildman–Crippen MR) is 90.9 cm³/mol. The molecule has 0 spiro atoms. The van der Waals surface area contributed by atoms with E-state index in [-0.39, 0.29) is 5.91 Å². The standard InChI is InChI=1S/C20H23NO/c1-3-13-20(19(22)21-14-4-2)17-11-7-5-9-15(17)16-10-6-8-12-18(16)20/h5-12H,3-4,13-14H2,1-2H3,(H,21,22). The van der Waals surface area contributed by atoms with Crippen LogP contribution in [0.25, 0.3) is 11.1 Å². The van der Waals surface area contributed by atoms with Crippen molar-refractivity contribution in [2.24, 2.45) is 0 Å². The zero-order valence-corrected chi connectivity index (χ0v) is 13.4. The van der Waals surface area contributed by atoms with Crippen molar-refractivity contribution in [2.45, 2.75) is 38.5 Å². The molecule has 0 saturated carbocycles. The second-order valence-electron chi connectivity index (χ2n) is 6.00. The third-order valence-electron chi connectivity index (χ3n) is 4.61. The van der Waals surface area contributed by atoms with Crippen LogP contribution in [0.4, 0.5) is 0 Å². The first-order valence-corrected chi connectivity index (χ1v) is 8.23. The number of fused-ring (bicyclic) bond motifs is 3. The van der Waals surface area contributed by atoms with Crippen LogP contribution in [0, 0.1) is 0 Å². The summed E-state index contributed by atoms with van der Waals surface area (Å²) in [4.78, 5) is 13.1. The van der Waals surface area contributed by atoms with Crippen molar-refractivity contribution in [3.05, 3.63) is 59.7 Å². The minimum Gasteiger partial charge on any atom is -0.355 e. The number of rotatable bonds is 5. The van der Waals surface area contributed by atoms with E-state index in [1.165, 1.54) is 11.1 Å². The van der Waals surface area contributed by atoms with Crippen LogP contribution in [-0.2, 0) is 10.2 Å². The molecule has 0 bridgehead atoms. The second kappa shape index (κ2) is 5.96. The molecule has 3 rings (SSSR count). The zero-order valence-electron chi connectivity index (χ0n) is 13.4. The van der Waals surface area contributed by atoms with Gasteiger partial charge in [-0.15, -0.1) is 0 Å². The first-order valence-electron chi connectivity index (χ1n) is 8.23. The average molecular weight is 293 g/mol. The molecule has 0 aromatic heterocycles. The normalized spacial score (nSPS) is 14.3. The van der Waals surface area contributed by atoms with E-state index in [0.29, 0.717) is 0 Å². The highest BCUT2D eigenvalue weighted by molar-refractivity contribution is 6.00. The minimum absolute atomic E-state index is 0.147. The van der Waals surface area contributed by atoms with E-state index in [1.807, 2.05) is 12.1 Å². The van der Waals surface area contributed by atoms with Gasteiger partial charge >= 0.3 is 0 Å². The van der Waals surface area contributed by atoms with Gasteiger partial charge < -0.3 is 5.32 Å². The Hall–Kier alpha value is -2.09. The van der Waals surface area contributed by atoms with Gasteiger partial charge in [-0.3, -0.25) is 4.79 Å². The van der Waals surface area contributed by atoms with Gasteiger partial charge in [0.2, 0.25) is 5.91 Å². The van der Waals surface area contributed by atoms with Crippen molar-refractivity contribution in [1.82, 2.24) is 5.32 Å². The topological polar surface area (TPSA) is 29.1 Å². The molecule has 1 aliphatic carbocycles. The number of amides is 1.